The molecular formula is C14H17N3O3S. The van der Waals surface area contributed by atoms with Crippen molar-refractivity contribution in [1.29, 1.82) is 0 Å². The first-order valence-electron chi connectivity index (χ1n) is 6.91. The molecule has 0 radical (unpaired) electrons. The molecule has 0 aliphatic carbocycles. The molecule has 3 rings (SSSR count). The van der Waals surface area contributed by atoms with Gasteiger partial charge >= 0.3 is 11.7 Å². The van der Waals surface area contributed by atoms with Crippen LogP contribution in [-0.2, 0) is 6.54 Å². The quantitative estimate of drug-likeness (QED) is 0.883. The number of rotatable bonds is 4. The van der Waals surface area contributed by atoms with E-state index in [0.717, 1.165) is 31.1 Å². The first-order chi connectivity index (χ1) is 10.1. The highest BCUT2D eigenvalue weighted by atomic mass is 32.2. The zero-order chi connectivity index (χ0) is 14.8. The number of hydrogen-bond donors (Lipinski definition) is 2. The molecule has 1 aliphatic heterocycles. The third-order valence-corrected chi connectivity index (χ3v) is 4.71. The van der Waals surface area contributed by atoms with Crippen LogP contribution in [0.5, 0.6) is 0 Å². The molecule has 2 N–H and O–H groups in total. The van der Waals surface area contributed by atoms with Gasteiger partial charge in [-0.2, -0.15) is 11.8 Å². The summed E-state index contributed by atoms with van der Waals surface area (Å²) < 4.78 is 1.63. The van der Waals surface area contributed by atoms with Crippen molar-refractivity contribution < 1.29 is 9.90 Å². The molecule has 1 aromatic heterocycles. The summed E-state index contributed by atoms with van der Waals surface area (Å²) in [5.74, 6) is 1.28. The second kappa shape index (κ2) is 5.95. The van der Waals surface area contributed by atoms with E-state index in [4.69, 9.17) is 5.11 Å². The molecule has 0 bridgehead atoms. The molecule has 1 fully saturated rings. The largest absolute Gasteiger partial charge is 0.478 e. The van der Waals surface area contributed by atoms with Crippen molar-refractivity contribution in [2.24, 2.45) is 0 Å². The lowest BCUT2D eigenvalue weighted by Crippen LogP contribution is -2.36. The van der Waals surface area contributed by atoms with Crippen molar-refractivity contribution in [1.82, 2.24) is 14.5 Å². The number of nitrogens with one attached hydrogen (secondary N) is 1. The van der Waals surface area contributed by atoms with Gasteiger partial charge in [-0.25, -0.2) is 9.59 Å². The smallest absolute Gasteiger partial charge is 0.335 e. The molecule has 0 atom stereocenters. The maximum Gasteiger partial charge on any atom is 0.335 e. The summed E-state index contributed by atoms with van der Waals surface area (Å²) in [6, 6.07) is 4.71. The molecule has 1 saturated heterocycles. The Balaban J connectivity index is 1.86. The number of H-pyrrole nitrogens is 1. The number of fused-ring (bicyclic) bond motifs is 1. The van der Waals surface area contributed by atoms with Crippen LogP contribution in [0, 0.1) is 0 Å². The van der Waals surface area contributed by atoms with Crippen LogP contribution in [0.3, 0.4) is 0 Å². The van der Waals surface area contributed by atoms with E-state index in [1.807, 2.05) is 11.8 Å². The van der Waals surface area contributed by atoms with Crippen LogP contribution in [-0.4, -0.2) is 56.7 Å². The first kappa shape index (κ1) is 14.2. The minimum atomic E-state index is -0.981. The lowest BCUT2D eigenvalue weighted by molar-refractivity contribution is 0.0697. The van der Waals surface area contributed by atoms with E-state index in [2.05, 4.69) is 9.88 Å². The van der Waals surface area contributed by atoms with Crippen molar-refractivity contribution in [2.75, 3.05) is 31.1 Å². The summed E-state index contributed by atoms with van der Waals surface area (Å²) in [5, 5.41) is 9.07. The van der Waals surface area contributed by atoms with Crippen LogP contribution >= 0.6 is 11.8 Å². The van der Waals surface area contributed by atoms with Crippen LogP contribution in [0.2, 0.25) is 0 Å². The number of aromatic carboxylic acids is 1. The molecule has 1 aliphatic rings. The van der Waals surface area contributed by atoms with Crippen LogP contribution < -0.4 is 5.69 Å². The van der Waals surface area contributed by atoms with Gasteiger partial charge in [-0.15, -0.1) is 0 Å². The van der Waals surface area contributed by atoms with E-state index >= 15 is 0 Å². The Kier molecular flexibility index (Phi) is 4.03. The average molecular weight is 307 g/mol. The van der Waals surface area contributed by atoms with Gasteiger partial charge in [-0.05, 0) is 18.2 Å². The maximum atomic E-state index is 12.0. The Hall–Kier alpha value is -1.73. The fourth-order valence-corrected chi connectivity index (χ4v) is 3.55. The number of carboxylic acids is 1. The maximum absolute atomic E-state index is 12.0. The van der Waals surface area contributed by atoms with Crippen LogP contribution in [0.4, 0.5) is 0 Å². The van der Waals surface area contributed by atoms with Crippen molar-refractivity contribution in [3.05, 3.63) is 34.2 Å². The third-order valence-electron chi connectivity index (χ3n) is 3.77. The number of carboxylic acid groups (broad SMARTS) is 1. The van der Waals surface area contributed by atoms with Crippen LogP contribution in [0.15, 0.2) is 23.0 Å². The highest BCUT2D eigenvalue weighted by Gasteiger charge is 2.13. The Morgan fingerprint density at radius 3 is 2.76 bits per heavy atom. The van der Waals surface area contributed by atoms with Crippen molar-refractivity contribution >= 4 is 28.8 Å². The summed E-state index contributed by atoms with van der Waals surface area (Å²) >= 11 is 1.95. The van der Waals surface area contributed by atoms with Crippen LogP contribution in [0.1, 0.15) is 10.4 Å². The predicted octanol–water partition coefficient (Wildman–Crippen LogP) is 1.08. The Labute approximate surface area is 125 Å². The minimum Gasteiger partial charge on any atom is -0.478 e. The van der Waals surface area contributed by atoms with Crippen molar-refractivity contribution in [2.45, 2.75) is 6.54 Å². The number of thioether (sulfide) groups is 1. The molecule has 0 amide bonds. The molecule has 6 nitrogen and oxygen atoms in total. The molecule has 0 spiro atoms. The van der Waals surface area contributed by atoms with E-state index < -0.39 is 5.97 Å². The number of benzene rings is 1. The van der Waals surface area contributed by atoms with Gasteiger partial charge in [0.2, 0.25) is 0 Å². The summed E-state index contributed by atoms with van der Waals surface area (Å²) in [5.41, 5.74) is 1.36. The normalized spacial score (nSPS) is 16.4. The summed E-state index contributed by atoms with van der Waals surface area (Å²) in [4.78, 5) is 28.2. The van der Waals surface area contributed by atoms with Gasteiger partial charge in [0.05, 0.1) is 16.6 Å². The summed E-state index contributed by atoms with van der Waals surface area (Å²) in [6.07, 6.45) is 0. The fraction of sp³-hybridized carbons (Fsp3) is 0.429. The topological polar surface area (TPSA) is 78.3 Å². The standard InChI is InChI=1S/C14H17N3O3S/c18-13(19)10-1-2-11-12(9-10)17(14(20)15-11)4-3-16-5-7-21-8-6-16/h1-2,9H,3-8H2,(H,15,20)(H,18,19). The third kappa shape index (κ3) is 2.98. The summed E-state index contributed by atoms with van der Waals surface area (Å²) in [7, 11) is 0. The van der Waals surface area contributed by atoms with Gasteiger partial charge < -0.3 is 10.1 Å². The highest BCUT2D eigenvalue weighted by Crippen LogP contribution is 2.14. The SMILES string of the molecule is O=C(O)c1ccc2[nH]c(=O)n(CCN3CCSCC3)c2c1. The molecule has 2 aromatic rings. The molecule has 1 aromatic carbocycles. The molecule has 2 heterocycles. The Morgan fingerprint density at radius 2 is 2.05 bits per heavy atom. The van der Waals surface area contributed by atoms with Gasteiger partial charge in [-0.3, -0.25) is 9.47 Å². The minimum absolute atomic E-state index is 0.182. The highest BCUT2D eigenvalue weighted by molar-refractivity contribution is 7.99. The number of hydrogen-bond acceptors (Lipinski definition) is 4. The van der Waals surface area contributed by atoms with E-state index in [-0.39, 0.29) is 11.3 Å². The average Bonchev–Trinajstić information content (AvgIpc) is 2.80. The Bertz CT molecular complexity index is 716. The molecular weight excluding hydrogens is 290 g/mol. The monoisotopic (exact) mass is 307 g/mol. The molecule has 21 heavy (non-hydrogen) atoms. The summed E-state index contributed by atoms with van der Waals surface area (Å²) in [6.45, 7) is 3.47. The fourth-order valence-electron chi connectivity index (χ4n) is 2.57. The van der Waals surface area contributed by atoms with Gasteiger partial charge in [0, 0.05) is 37.7 Å². The van der Waals surface area contributed by atoms with Crippen molar-refractivity contribution in [3.63, 3.8) is 0 Å². The zero-order valence-corrected chi connectivity index (χ0v) is 12.4. The number of aromatic amines is 1. The van der Waals surface area contributed by atoms with Gasteiger partial charge in [0.15, 0.2) is 0 Å². The number of imidazole rings is 1. The zero-order valence-electron chi connectivity index (χ0n) is 11.5. The van der Waals surface area contributed by atoms with Crippen molar-refractivity contribution in [3.8, 4) is 0 Å². The van der Waals surface area contributed by atoms with E-state index in [0.29, 0.717) is 17.6 Å². The second-order valence-electron chi connectivity index (χ2n) is 5.07. The molecule has 112 valence electrons. The molecule has 0 saturated carbocycles. The van der Waals surface area contributed by atoms with Gasteiger partial charge in [0.1, 0.15) is 0 Å². The number of nitrogens with zero attached hydrogens (tertiary/aromatic N) is 2. The van der Waals surface area contributed by atoms with E-state index in [9.17, 15) is 9.59 Å². The number of carbonyl (C=O) groups is 1. The second-order valence-corrected chi connectivity index (χ2v) is 6.30. The first-order valence-corrected chi connectivity index (χ1v) is 8.06. The van der Waals surface area contributed by atoms with E-state index in [1.165, 1.54) is 6.07 Å². The molecule has 0 unspecified atom stereocenters. The predicted molar refractivity (Wildman–Crippen MR) is 83.3 cm³/mol. The molecule has 7 heteroatoms. The van der Waals surface area contributed by atoms with Gasteiger partial charge in [0.25, 0.3) is 0 Å². The Morgan fingerprint density at radius 1 is 1.29 bits per heavy atom. The van der Waals surface area contributed by atoms with Gasteiger partial charge in [-0.1, -0.05) is 0 Å². The van der Waals surface area contributed by atoms with Crippen LogP contribution in [0.25, 0.3) is 11.0 Å². The van der Waals surface area contributed by atoms with E-state index in [1.54, 1.807) is 16.7 Å². The number of aromatic nitrogens is 2. The lowest BCUT2D eigenvalue weighted by Gasteiger charge is -2.26. The lowest BCUT2D eigenvalue weighted by atomic mass is 10.2.